The molecule has 1 atom stereocenters. The summed E-state index contributed by atoms with van der Waals surface area (Å²) in [7, 11) is 0. The Morgan fingerprint density at radius 3 is 3.00 bits per heavy atom. The van der Waals surface area contributed by atoms with Crippen LogP contribution in [0.25, 0.3) is 11.0 Å². The summed E-state index contributed by atoms with van der Waals surface area (Å²) >= 11 is 0. The first-order valence-electron chi connectivity index (χ1n) is 8.43. The summed E-state index contributed by atoms with van der Waals surface area (Å²) in [6.45, 7) is 6.01. The smallest absolute Gasteiger partial charge is 0.222 e. The van der Waals surface area contributed by atoms with Gasteiger partial charge in [0.05, 0.1) is 12.2 Å². The Labute approximate surface area is 141 Å². The van der Waals surface area contributed by atoms with Crippen LogP contribution in [0, 0.1) is 0 Å². The number of hydrogen-bond donors (Lipinski definition) is 1. The van der Waals surface area contributed by atoms with Gasteiger partial charge in [0.2, 0.25) is 11.8 Å². The number of carbonyl (C=O) groups excluding carboxylic acids is 2. The highest BCUT2D eigenvalue weighted by atomic mass is 16.2. The van der Waals surface area contributed by atoms with E-state index in [1.54, 1.807) is 6.20 Å². The number of nitrogens with one attached hydrogen (secondary N) is 1. The average molecular weight is 329 g/mol. The molecule has 0 spiro atoms. The van der Waals surface area contributed by atoms with E-state index in [-0.39, 0.29) is 17.7 Å². The third-order valence-corrected chi connectivity index (χ3v) is 4.46. The monoisotopic (exact) mass is 329 g/mol. The first-order chi connectivity index (χ1) is 11.6. The molecule has 1 aliphatic heterocycles. The minimum Gasteiger partial charge on any atom is -0.354 e. The number of likely N-dealkylation sites (tertiary alicyclic amines) is 1. The maximum Gasteiger partial charge on any atom is 0.222 e. The first-order valence-corrected chi connectivity index (χ1v) is 8.43. The van der Waals surface area contributed by atoms with Gasteiger partial charge in [-0.25, -0.2) is 9.67 Å². The second kappa shape index (κ2) is 6.98. The predicted octanol–water partition coefficient (Wildman–Crippen LogP) is 1.29. The fraction of sp³-hybridized carbons (Fsp3) is 0.529. The standard InChI is InChI=1S/C17H23N5O2/c1-3-15(24)21-9-6-13(11-21)16-14-5-4-7-19-17(14)22(20-16)10-8-18-12(2)23/h4-5,7,13H,3,6,8-11H2,1-2H3,(H,18,23). The SMILES string of the molecule is CCC(=O)N1CCC(c2nn(CCNC(C)=O)c3ncccc23)C1. The molecule has 128 valence electrons. The number of hydrogen-bond acceptors (Lipinski definition) is 4. The van der Waals surface area contributed by atoms with E-state index in [0.717, 1.165) is 36.2 Å². The second-order valence-electron chi connectivity index (χ2n) is 6.14. The van der Waals surface area contributed by atoms with Crippen LogP contribution in [0.15, 0.2) is 18.3 Å². The Bertz CT molecular complexity index is 755. The summed E-state index contributed by atoms with van der Waals surface area (Å²) in [6.07, 6.45) is 3.23. The van der Waals surface area contributed by atoms with Crippen molar-refractivity contribution in [1.29, 1.82) is 0 Å². The van der Waals surface area contributed by atoms with Gasteiger partial charge in [-0.15, -0.1) is 0 Å². The molecule has 7 heteroatoms. The van der Waals surface area contributed by atoms with Crippen LogP contribution in [-0.4, -0.2) is 51.1 Å². The molecule has 0 aliphatic carbocycles. The summed E-state index contributed by atoms with van der Waals surface area (Å²) < 4.78 is 1.85. The van der Waals surface area contributed by atoms with Crippen LogP contribution in [0.4, 0.5) is 0 Å². The number of amides is 2. The fourth-order valence-electron chi connectivity index (χ4n) is 3.26. The second-order valence-corrected chi connectivity index (χ2v) is 6.14. The van der Waals surface area contributed by atoms with Crippen molar-refractivity contribution in [2.24, 2.45) is 0 Å². The molecule has 0 aromatic carbocycles. The first kappa shape index (κ1) is 16.4. The van der Waals surface area contributed by atoms with Gasteiger partial charge in [-0.3, -0.25) is 9.59 Å². The van der Waals surface area contributed by atoms with Crippen molar-refractivity contribution in [2.45, 2.75) is 39.2 Å². The molecule has 1 N–H and O–H groups in total. The summed E-state index contributed by atoms with van der Waals surface area (Å²) in [5, 5.41) is 8.58. The van der Waals surface area contributed by atoms with E-state index in [2.05, 4.69) is 10.3 Å². The molecule has 1 fully saturated rings. The van der Waals surface area contributed by atoms with Crippen LogP contribution in [0.3, 0.4) is 0 Å². The van der Waals surface area contributed by atoms with Gasteiger partial charge in [-0.05, 0) is 18.6 Å². The minimum absolute atomic E-state index is 0.0517. The zero-order valence-electron chi connectivity index (χ0n) is 14.2. The summed E-state index contributed by atoms with van der Waals surface area (Å²) in [4.78, 5) is 29.3. The van der Waals surface area contributed by atoms with Gasteiger partial charge >= 0.3 is 0 Å². The largest absolute Gasteiger partial charge is 0.354 e. The fourth-order valence-corrected chi connectivity index (χ4v) is 3.26. The third-order valence-electron chi connectivity index (χ3n) is 4.46. The van der Waals surface area contributed by atoms with Gasteiger partial charge in [0.25, 0.3) is 0 Å². The lowest BCUT2D eigenvalue weighted by Gasteiger charge is -2.14. The highest BCUT2D eigenvalue weighted by Gasteiger charge is 2.30. The highest BCUT2D eigenvalue weighted by Crippen LogP contribution is 2.31. The Hall–Kier alpha value is -2.44. The molecular weight excluding hydrogens is 306 g/mol. The van der Waals surface area contributed by atoms with E-state index in [4.69, 9.17) is 5.10 Å². The minimum atomic E-state index is -0.0517. The average Bonchev–Trinajstić information content (AvgIpc) is 3.19. The number of rotatable bonds is 5. The topological polar surface area (TPSA) is 80.1 Å². The number of fused-ring (bicyclic) bond motifs is 1. The molecule has 7 nitrogen and oxygen atoms in total. The summed E-state index contributed by atoms with van der Waals surface area (Å²) in [6, 6.07) is 3.94. The molecule has 3 rings (SSSR count). The number of carbonyl (C=O) groups is 2. The Balaban J connectivity index is 1.83. The molecule has 1 unspecified atom stereocenters. The van der Waals surface area contributed by atoms with Crippen LogP contribution in [0.1, 0.15) is 38.3 Å². The van der Waals surface area contributed by atoms with E-state index in [1.807, 2.05) is 28.6 Å². The van der Waals surface area contributed by atoms with Crippen molar-refractivity contribution < 1.29 is 9.59 Å². The maximum absolute atomic E-state index is 11.9. The van der Waals surface area contributed by atoms with Gasteiger partial charge in [0.15, 0.2) is 5.65 Å². The van der Waals surface area contributed by atoms with Crippen molar-refractivity contribution >= 4 is 22.8 Å². The molecule has 2 aromatic heterocycles. The molecule has 3 heterocycles. The van der Waals surface area contributed by atoms with Gasteiger partial charge in [-0.2, -0.15) is 5.10 Å². The predicted molar refractivity (Wildman–Crippen MR) is 90.4 cm³/mol. The number of nitrogens with zero attached hydrogens (tertiary/aromatic N) is 4. The molecule has 1 aliphatic rings. The molecule has 24 heavy (non-hydrogen) atoms. The van der Waals surface area contributed by atoms with Gasteiger partial charge in [-0.1, -0.05) is 6.92 Å². The third kappa shape index (κ3) is 3.25. The molecular formula is C17H23N5O2. The van der Waals surface area contributed by atoms with Crippen molar-refractivity contribution in [3.8, 4) is 0 Å². The summed E-state index contributed by atoms with van der Waals surface area (Å²) in [5.74, 6) is 0.392. The van der Waals surface area contributed by atoms with Crippen LogP contribution in [0.5, 0.6) is 0 Å². The maximum atomic E-state index is 11.9. The van der Waals surface area contributed by atoms with Crippen molar-refractivity contribution in [2.75, 3.05) is 19.6 Å². The highest BCUT2D eigenvalue weighted by molar-refractivity contribution is 5.80. The molecule has 2 amide bonds. The van der Waals surface area contributed by atoms with E-state index >= 15 is 0 Å². The molecule has 0 saturated carbocycles. The van der Waals surface area contributed by atoms with Crippen LogP contribution < -0.4 is 5.32 Å². The lowest BCUT2D eigenvalue weighted by atomic mass is 10.0. The number of aromatic nitrogens is 3. The van der Waals surface area contributed by atoms with Crippen molar-refractivity contribution in [1.82, 2.24) is 25.0 Å². The Morgan fingerprint density at radius 1 is 1.42 bits per heavy atom. The Morgan fingerprint density at radius 2 is 2.25 bits per heavy atom. The number of pyridine rings is 1. The van der Waals surface area contributed by atoms with Crippen LogP contribution >= 0.6 is 0 Å². The molecule has 0 radical (unpaired) electrons. The van der Waals surface area contributed by atoms with Crippen molar-refractivity contribution in [3.05, 3.63) is 24.0 Å². The van der Waals surface area contributed by atoms with E-state index in [1.165, 1.54) is 6.92 Å². The van der Waals surface area contributed by atoms with Crippen LogP contribution in [-0.2, 0) is 16.1 Å². The van der Waals surface area contributed by atoms with Gasteiger partial charge in [0, 0.05) is 50.5 Å². The zero-order chi connectivity index (χ0) is 17.1. The van der Waals surface area contributed by atoms with Gasteiger partial charge in [0.1, 0.15) is 0 Å². The zero-order valence-corrected chi connectivity index (χ0v) is 14.2. The molecule has 0 bridgehead atoms. The van der Waals surface area contributed by atoms with Gasteiger partial charge < -0.3 is 10.2 Å². The normalized spacial score (nSPS) is 17.4. The lowest BCUT2D eigenvalue weighted by Crippen LogP contribution is -2.27. The van der Waals surface area contributed by atoms with E-state index in [0.29, 0.717) is 19.5 Å². The van der Waals surface area contributed by atoms with E-state index < -0.39 is 0 Å². The Kier molecular flexibility index (Phi) is 4.78. The quantitative estimate of drug-likeness (QED) is 0.896. The summed E-state index contributed by atoms with van der Waals surface area (Å²) in [5.41, 5.74) is 1.84. The van der Waals surface area contributed by atoms with E-state index in [9.17, 15) is 9.59 Å². The molecule has 2 aromatic rings. The van der Waals surface area contributed by atoms with Crippen molar-refractivity contribution in [3.63, 3.8) is 0 Å². The van der Waals surface area contributed by atoms with Crippen LogP contribution in [0.2, 0.25) is 0 Å². The molecule has 1 saturated heterocycles. The lowest BCUT2D eigenvalue weighted by molar-refractivity contribution is -0.129.